The average Bonchev–Trinajstić information content (AvgIpc) is 3.55. The molecule has 0 atom stereocenters. The van der Waals surface area contributed by atoms with Gasteiger partial charge < -0.3 is 0 Å². The Hall–Kier alpha value is -9.59. The Morgan fingerprint density at radius 1 is 0.214 bits per heavy atom. The van der Waals surface area contributed by atoms with Crippen LogP contribution in [0.3, 0.4) is 0 Å². The molecule has 420 valence electrons. The van der Waals surface area contributed by atoms with Crippen LogP contribution in [0.5, 0.6) is 0 Å². The number of para-hydroxylation sites is 1. The monoisotopic (exact) mass is 1100 g/mol. The van der Waals surface area contributed by atoms with Gasteiger partial charge in [0.05, 0.1) is 38.6 Å². The third-order valence-electron chi connectivity index (χ3n) is 14.7. The number of nitrogens with zero attached hydrogens (tertiary/aromatic N) is 7. The molecule has 0 N–H and O–H groups in total. The van der Waals surface area contributed by atoms with Gasteiger partial charge in [-0.2, -0.15) is 0 Å². The lowest BCUT2D eigenvalue weighted by atomic mass is 10.1. The first kappa shape index (κ1) is 60.5. The molecule has 0 bridgehead atoms. The molecule has 0 saturated carbocycles. The van der Waals surface area contributed by atoms with Crippen LogP contribution in [-0.4, -0.2) is 34.9 Å². The topological polar surface area (TPSA) is 90.2 Å². The molecule has 7 heterocycles. The summed E-state index contributed by atoms with van der Waals surface area (Å²) in [6.45, 7) is 29.4. The number of rotatable bonds is 0. The Morgan fingerprint density at radius 3 is 1.46 bits per heavy atom. The van der Waals surface area contributed by atoms with Crippen molar-refractivity contribution in [3.63, 3.8) is 0 Å². The van der Waals surface area contributed by atoms with Gasteiger partial charge in [-0.3, -0.25) is 34.9 Å². The molecule has 0 aliphatic carbocycles. The standard InChI is InChI=1S/7C11H11N/c1-8-3-4-10-5-9(2)7-12-11(10)6-8;1-8-3-4-11-10(5-8)6-9(2)7-12-11;1-8-3-4-10-9(2)5-6-12-11(10)7-8;1-8-5-6-10-4-3-7-12-11(10)9(8)2;1-8-6-10-4-3-5-12-11(10)7-9(8)2;1-8-6-9(2)10-4-3-5-12-11(10)7-8;1-8-6-10-5-3-4-9(2)11(10)12-7-8/h7*3-7H,1-2H3. The van der Waals surface area contributed by atoms with Crippen LogP contribution in [0, 0.1) is 96.9 Å². The van der Waals surface area contributed by atoms with E-state index in [2.05, 4.69) is 277 Å². The van der Waals surface area contributed by atoms with Gasteiger partial charge in [0.1, 0.15) is 0 Å². The molecule has 0 aliphatic rings. The number of aromatic nitrogens is 7. The van der Waals surface area contributed by atoms with Crippen LogP contribution in [-0.2, 0) is 0 Å². The van der Waals surface area contributed by atoms with E-state index in [1.165, 1.54) is 116 Å². The van der Waals surface area contributed by atoms with E-state index in [0.29, 0.717) is 0 Å². The summed E-state index contributed by atoms with van der Waals surface area (Å²) in [6, 6.07) is 58.9. The number of pyridine rings is 7. The van der Waals surface area contributed by atoms with Crippen molar-refractivity contribution in [1.29, 1.82) is 0 Å². The summed E-state index contributed by atoms with van der Waals surface area (Å²) in [5.74, 6) is 0. The molecule has 0 aliphatic heterocycles. The highest BCUT2D eigenvalue weighted by atomic mass is 14.7. The second-order valence-corrected chi connectivity index (χ2v) is 22.1. The summed E-state index contributed by atoms with van der Waals surface area (Å²) in [5.41, 5.74) is 25.5. The zero-order valence-electron chi connectivity index (χ0n) is 51.3. The summed E-state index contributed by atoms with van der Waals surface area (Å²) >= 11 is 0. The van der Waals surface area contributed by atoms with Crippen LogP contribution in [0.25, 0.3) is 76.3 Å². The van der Waals surface area contributed by atoms with E-state index in [0.717, 1.165) is 38.6 Å². The number of hydrogen-bond donors (Lipinski definition) is 0. The fourth-order valence-electron chi connectivity index (χ4n) is 9.80. The maximum absolute atomic E-state index is 4.38. The van der Waals surface area contributed by atoms with Crippen molar-refractivity contribution >= 4 is 76.3 Å². The van der Waals surface area contributed by atoms with Crippen molar-refractivity contribution in [1.82, 2.24) is 34.9 Å². The predicted molar refractivity (Wildman–Crippen MR) is 359 cm³/mol. The zero-order valence-corrected chi connectivity index (χ0v) is 51.3. The molecule has 0 spiro atoms. The van der Waals surface area contributed by atoms with Gasteiger partial charge in [-0.15, -0.1) is 0 Å². The third kappa shape index (κ3) is 16.3. The molecule has 14 rings (SSSR count). The van der Waals surface area contributed by atoms with Gasteiger partial charge in [-0.05, 0) is 254 Å². The van der Waals surface area contributed by atoms with Gasteiger partial charge >= 0.3 is 0 Å². The Balaban J connectivity index is 0.000000128. The quantitative estimate of drug-likeness (QED) is 0.149. The van der Waals surface area contributed by atoms with Crippen LogP contribution >= 0.6 is 0 Å². The largest absolute Gasteiger partial charge is 0.256 e. The van der Waals surface area contributed by atoms with Crippen LogP contribution in [0.1, 0.15) is 77.9 Å². The van der Waals surface area contributed by atoms with E-state index < -0.39 is 0 Å². The van der Waals surface area contributed by atoms with Gasteiger partial charge in [-0.1, -0.05) is 90.5 Å². The highest BCUT2D eigenvalue weighted by Crippen LogP contribution is 2.22. The minimum atomic E-state index is 1.08. The van der Waals surface area contributed by atoms with E-state index in [1.54, 1.807) is 0 Å². The zero-order chi connectivity index (χ0) is 59.9. The molecule has 14 aromatic rings. The van der Waals surface area contributed by atoms with E-state index in [-0.39, 0.29) is 0 Å². The van der Waals surface area contributed by atoms with E-state index >= 15 is 0 Å². The molecule has 7 aromatic heterocycles. The molecule has 0 fully saturated rings. The Labute approximate surface area is 496 Å². The second-order valence-electron chi connectivity index (χ2n) is 22.1. The summed E-state index contributed by atoms with van der Waals surface area (Å²) in [6.07, 6.45) is 13.1. The van der Waals surface area contributed by atoms with E-state index in [9.17, 15) is 0 Å². The lowest BCUT2D eigenvalue weighted by Crippen LogP contribution is -1.85. The van der Waals surface area contributed by atoms with Gasteiger partial charge in [0.15, 0.2) is 0 Å². The second kappa shape index (κ2) is 28.4. The van der Waals surface area contributed by atoms with Gasteiger partial charge in [0.2, 0.25) is 0 Å². The molecular formula is C77H77N7. The van der Waals surface area contributed by atoms with Crippen molar-refractivity contribution in [3.05, 3.63) is 291 Å². The van der Waals surface area contributed by atoms with Crippen LogP contribution in [0.15, 0.2) is 213 Å². The molecule has 0 unspecified atom stereocenters. The van der Waals surface area contributed by atoms with Crippen LogP contribution in [0.2, 0.25) is 0 Å². The highest BCUT2D eigenvalue weighted by molar-refractivity contribution is 5.86. The summed E-state index contributed by atoms with van der Waals surface area (Å²) in [7, 11) is 0. The number of aryl methyl sites for hydroxylation is 14. The first-order chi connectivity index (χ1) is 40.4. The molecule has 7 aromatic carbocycles. The lowest BCUT2D eigenvalue weighted by molar-refractivity contribution is 1.31. The number of benzene rings is 7. The van der Waals surface area contributed by atoms with Gasteiger partial charge in [0, 0.05) is 81.1 Å². The summed E-state index contributed by atoms with van der Waals surface area (Å²) < 4.78 is 0. The predicted octanol–water partition coefficient (Wildman–Crippen LogP) is 20.0. The first-order valence-corrected chi connectivity index (χ1v) is 28.6. The Bertz CT molecular complexity index is 4310. The van der Waals surface area contributed by atoms with E-state index in [1.807, 2.05) is 67.6 Å². The van der Waals surface area contributed by atoms with Crippen molar-refractivity contribution < 1.29 is 0 Å². The average molecular weight is 1100 g/mol. The molecule has 0 radical (unpaired) electrons. The molecule has 84 heavy (non-hydrogen) atoms. The van der Waals surface area contributed by atoms with Gasteiger partial charge in [-0.25, -0.2) is 0 Å². The molecule has 0 saturated heterocycles. The van der Waals surface area contributed by atoms with Crippen LogP contribution in [0.4, 0.5) is 0 Å². The minimum Gasteiger partial charge on any atom is -0.256 e. The third-order valence-corrected chi connectivity index (χ3v) is 14.7. The molecule has 7 heteroatoms. The van der Waals surface area contributed by atoms with E-state index in [4.69, 9.17) is 0 Å². The lowest BCUT2D eigenvalue weighted by Gasteiger charge is -2.02. The summed E-state index contributed by atoms with van der Waals surface area (Å²) in [5, 5.41) is 8.64. The fraction of sp³-hybridized carbons (Fsp3) is 0.182. The SMILES string of the molecule is Cc1cc(C)c2cccnc2c1.Cc1cc2cccnc2cc1C.Cc1ccc2c(C)ccnc2c1.Cc1ccc2cccnc2c1C.Cc1ccc2ncc(C)cc2c1.Cc1cnc2c(C)cccc2c1.Cc1cnc2cc(C)ccc2c1. The maximum Gasteiger partial charge on any atom is 0.0733 e. The number of hydrogen-bond acceptors (Lipinski definition) is 7. The molecule has 7 nitrogen and oxygen atoms in total. The maximum atomic E-state index is 4.38. The highest BCUT2D eigenvalue weighted by Gasteiger charge is 2.02. The van der Waals surface area contributed by atoms with Crippen molar-refractivity contribution in [2.24, 2.45) is 0 Å². The Kier molecular flexibility index (Phi) is 20.5. The molecular weight excluding hydrogens is 1020 g/mol. The van der Waals surface area contributed by atoms with Crippen molar-refractivity contribution in [2.75, 3.05) is 0 Å². The van der Waals surface area contributed by atoms with Crippen molar-refractivity contribution in [3.8, 4) is 0 Å². The minimum absolute atomic E-state index is 1.08. The molecule has 0 amide bonds. The first-order valence-electron chi connectivity index (χ1n) is 28.6. The van der Waals surface area contributed by atoms with Crippen molar-refractivity contribution in [2.45, 2.75) is 96.9 Å². The Morgan fingerprint density at radius 2 is 0.714 bits per heavy atom. The smallest absolute Gasteiger partial charge is 0.0733 e. The normalized spacial score (nSPS) is 10.5. The van der Waals surface area contributed by atoms with Crippen LogP contribution < -0.4 is 0 Å². The number of fused-ring (bicyclic) bond motifs is 7. The fourth-order valence-corrected chi connectivity index (χ4v) is 9.80. The summed E-state index contributed by atoms with van der Waals surface area (Å²) in [4.78, 5) is 30.3. The van der Waals surface area contributed by atoms with Gasteiger partial charge in [0.25, 0.3) is 0 Å².